The van der Waals surface area contributed by atoms with Gasteiger partial charge in [0.2, 0.25) is 0 Å². The molecule has 4 rings (SSSR count). The van der Waals surface area contributed by atoms with Crippen LogP contribution in [0.5, 0.6) is 0 Å². The number of carbonyl (C=O) groups excluding carboxylic acids is 1. The summed E-state index contributed by atoms with van der Waals surface area (Å²) in [5.74, 6) is -0.934. The van der Waals surface area contributed by atoms with Gasteiger partial charge in [-0.15, -0.1) is 11.3 Å². The number of carbonyl (C=O) groups is 1. The number of thiazole rings is 1. The van der Waals surface area contributed by atoms with Crippen LogP contribution in [0.1, 0.15) is 17.4 Å². The van der Waals surface area contributed by atoms with Crippen molar-refractivity contribution in [1.29, 1.82) is 0 Å². The third-order valence-electron chi connectivity index (χ3n) is 5.63. The van der Waals surface area contributed by atoms with Crippen molar-refractivity contribution < 1.29 is 13.6 Å². The number of rotatable bonds is 6. The lowest BCUT2D eigenvalue weighted by molar-refractivity contribution is 0.111. The zero-order chi connectivity index (χ0) is 25.4. The maximum absolute atomic E-state index is 13.3. The number of benzene rings is 1. The molecule has 8 nitrogen and oxygen atoms in total. The zero-order valence-electron chi connectivity index (χ0n) is 19.5. The van der Waals surface area contributed by atoms with E-state index in [1.54, 1.807) is 6.20 Å². The van der Waals surface area contributed by atoms with Gasteiger partial charge in [-0.05, 0) is 24.1 Å². The first-order valence-electron chi connectivity index (χ1n) is 11.0. The van der Waals surface area contributed by atoms with Crippen molar-refractivity contribution in [3.05, 3.63) is 71.8 Å². The fourth-order valence-electron chi connectivity index (χ4n) is 3.99. The molecule has 3 heterocycles. The van der Waals surface area contributed by atoms with Crippen LogP contribution in [0.3, 0.4) is 0 Å². The van der Waals surface area contributed by atoms with Crippen LogP contribution in [-0.2, 0) is 0 Å². The normalized spacial score (nSPS) is 19.7. The molecule has 11 heteroatoms. The second kappa shape index (κ2) is 12.2. The van der Waals surface area contributed by atoms with Crippen LogP contribution in [-0.4, -0.2) is 48.5 Å². The number of aldehydes is 1. The van der Waals surface area contributed by atoms with Crippen LogP contribution in [0.2, 0.25) is 0 Å². The summed E-state index contributed by atoms with van der Waals surface area (Å²) in [7, 11) is 1.91. The van der Waals surface area contributed by atoms with Gasteiger partial charge in [0.25, 0.3) is 0 Å². The predicted molar refractivity (Wildman–Crippen MR) is 136 cm³/mol. The second-order valence-electron chi connectivity index (χ2n) is 8.03. The lowest BCUT2D eigenvalue weighted by Gasteiger charge is -2.42. The standard InChI is InChI=1S/C14H24N6.C10H5F2NOS/c1-10-8-20(9-11(16)14(10)19-6-4-15)13-3-5-18-7-12(13)17-2;11-7-2-1-3-8(12)9(7)10-13-6(4-14)5-15-10/h3-7,10-11,14,17,19H,8-9,15-16H2,1-2H3;1-5H/b6-4-;/t10-,11?,14?;/m0./s1. The summed E-state index contributed by atoms with van der Waals surface area (Å²) >= 11 is 1.03. The van der Waals surface area contributed by atoms with Crippen molar-refractivity contribution >= 4 is 29.0 Å². The minimum Gasteiger partial charge on any atom is -0.403 e. The van der Waals surface area contributed by atoms with E-state index in [0.717, 1.165) is 47.9 Å². The summed E-state index contributed by atoms with van der Waals surface area (Å²) < 4.78 is 26.6. The fourth-order valence-corrected chi connectivity index (χ4v) is 4.80. The van der Waals surface area contributed by atoms with Gasteiger partial charge in [0.1, 0.15) is 22.3 Å². The van der Waals surface area contributed by atoms with Crippen LogP contribution in [0.15, 0.2) is 54.4 Å². The molecule has 0 radical (unpaired) electrons. The molecular weight excluding hydrogens is 472 g/mol. The number of anilines is 2. The molecule has 1 saturated heterocycles. The third-order valence-corrected chi connectivity index (χ3v) is 6.50. The number of piperidine rings is 1. The lowest BCUT2D eigenvalue weighted by atomic mass is 9.90. The average molecular weight is 502 g/mol. The molecule has 2 aromatic heterocycles. The van der Waals surface area contributed by atoms with Gasteiger partial charge in [-0.1, -0.05) is 13.0 Å². The van der Waals surface area contributed by atoms with Crippen molar-refractivity contribution in [2.75, 3.05) is 30.4 Å². The molecule has 3 atom stereocenters. The molecular formula is C24H29F2N7OS. The molecule has 1 aliphatic rings. The maximum atomic E-state index is 13.3. The second-order valence-corrected chi connectivity index (χ2v) is 8.89. The smallest absolute Gasteiger partial charge is 0.169 e. The first-order valence-corrected chi connectivity index (χ1v) is 11.9. The number of nitrogens with two attached hydrogens (primary N) is 2. The van der Waals surface area contributed by atoms with Crippen molar-refractivity contribution in [2.24, 2.45) is 17.4 Å². The molecule has 0 spiro atoms. The molecule has 6 N–H and O–H groups in total. The highest BCUT2D eigenvalue weighted by atomic mass is 32.1. The highest BCUT2D eigenvalue weighted by Gasteiger charge is 2.32. The van der Waals surface area contributed by atoms with Crippen LogP contribution in [0.4, 0.5) is 20.2 Å². The van der Waals surface area contributed by atoms with E-state index in [2.05, 4.69) is 32.4 Å². The quantitative estimate of drug-likeness (QED) is 0.380. The van der Waals surface area contributed by atoms with E-state index in [1.165, 1.54) is 17.6 Å². The molecule has 3 aromatic rings. The Labute approximate surface area is 207 Å². The van der Waals surface area contributed by atoms with Crippen molar-refractivity contribution in [2.45, 2.75) is 19.0 Å². The molecule has 1 aromatic carbocycles. The van der Waals surface area contributed by atoms with Crippen molar-refractivity contribution in [1.82, 2.24) is 15.3 Å². The topological polar surface area (TPSA) is 122 Å². The third kappa shape index (κ3) is 6.31. The Bertz CT molecular complexity index is 1120. The van der Waals surface area contributed by atoms with Gasteiger partial charge in [-0.25, -0.2) is 13.8 Å². The van der Waals surface area contributed by atoms with Gasteiger partial charge in [-0.2, -0.15) is 0 Å². The number of aromatic nitrogens is 2. The Hall–Kier alpha value is -3.57. The molecule has 0 bridgehead atoms. The van der Waals surface area contributed by atoms with E-state index in [9.17, 15) is 13.6 Å². The van der Waals surface area contributed by atoms with E-state index in [1.807, 2.05) is 25.5 Å². The summed E-state index contributed by atoms with van der Waals surface area (Å²) in [5.41, 5.74) is 13.9. The van der Waals surface area contributed by atoms with Crippen LogP contribution >= 0.6 is 11.3 Å². The van der Waals surface area contributed by atoms with Gasteiger partial charge in [0.05, 0.1) is 23.1 Å². The Morgan fingerprint density at radius 3 is 2.57 bits per heavy atom. The van der Waals surface area contributed by atoms with Gasteiger partial charge >= 0.3 is 0 Å². The monoisotopic (exact) mass is 501 g/mol. The number of hydrogen-bond acceptors (Lipinski definition) is 9. The van der Waals surface area contributed by atoms with E-state index >= 15 is 0 Å². The Balaban J connectivity index is 0.000000203. The van der Waals surface area contributed by atoms with Crippen LogP contribution in [0, 0.1) is 17.6 Å². The molecule has 0 amide bonds. The number of halogens is 2. The molecule has 0 aliphatic carbocycles. The zero-order valence-corrected chi connectivity index (χ0v) is 20.3. The molecule has 1 fully saturated rings. The SMILES string of the molecule is CNc1cnccc1N1CC(N)C(N/C=C\N)[C@@H](C)C1.O=Cc1csc(-c2c(F)cccc2F)n1. The average Bonchev–Trinajstić information content (AvgIpc) is 3.32. The fraction of sp³-hybridized carbons (Fsp3) is 0.292. The molecule has 35 heavy (non-hydrogen) atoms. The maximum Gasteiger partial charge on any atom is 0.169 e. The molecule has 0 saturated carbocycles. The van der Waals surface area contributed by atoms with Gasteiger partial charge in [-0.3, -0.25) is 9.78 Å². The summed E-state index contributed by atoms with van der Waals surface area (Å²) in [6, 6.07) is 5.90. The number of nitrogens with one attached hydrogen (secondary N) is 2. The van der Waals surface area contributed by atoms with E-state index < -0.39 is 11.6 Å². The van der Waals surface area contributed by atoms with E-state index in [4.69, 9.17) is 11.5 Å². The number of nitrogens with zero attached hydrogens (tertiary/aromatic N) is 3. The first-order chi connectivity index (χ1) is 16.9. The van der Waals surface area contributed by atoms with Crippen LogP contribution < -0.4 is 27.0 Å². The number of pyridine rings is 1. The van der Waals surface area contributed by atoms with E-state index in [-0.39, 0.29) is 28.3 Å². The van der Waals surface area contributed by atoms with Gasteiger partial charge < -0.3 is 27.0 Å². The predicted octanol–water partition coefficient (Wildman–Crippen LogP) is 3.20. The summed E-state index contributed by atoms with van der Waals surface area (Å²) in [6.45, 7) is 3.95. The Morgan fingerprint density at radius 1 is 1.23 bits per heavy atom. The van der Waals surface area contributed by atoms with Gasteiger partial charge in [0.15, 0.2) is 6.29 Å². The Kier molecular flexibility index (Phi) is 9.10. The summed E-state index contributed by atoms with van der Waals surface area (Å²) in [6.07, 6.45) is 7.47. The largest absolute Gasteiger partial charge is 0.403 e. The number of hydrogen-bond donors (Lipinski definition) is 4. The Morgan fingerprint density at radius 2 is 1.97 bits per heavy atom. The molecule has 1 aliphatic heterocycles. The lowest BCUT2D eigenvalue weighted by Crippen LogP contribution is -2.60. The van der Waals surface area contributed by atoms with E-state index in [0.29, 0.717) is 12.2 Å². The summed E-state index contributed by atoms with van der Waals surface area (Å²) in [5, 5.41) is 8.09. The van der Waals surface area contributed by atoms with Crippen molar-refractivity contribution in [3.8, 4) is 10.6 Å². The first kappa shape index (κ1) is 26.0. The minimum atomic E-state index is -0.679. The summed E-state index contributed by atoms with van der Waals surface area (Å²) in [4.78, 5) is 20.6. The van der Waals surface area contributed by atoms with Gasteiger partial charge in [0, 0.05) is 56.2 Å². The minimum absolute atomic E-state index is 0.0489. The van der Waals surface area contributed by atoms with Crippen molar-refractivity contribution in [3.63, 3.8) is 0 Å². The highest BCUT2D eigenvalue weighted by molar-refractivity contribution is 7.13. The molecule has 186 valence electrons. The highest BCUT2D eigenvalue weighted by Crippen LogP contribution is 2.29. The van der Waals surface area contributed by atoms with Crippen LogP contribution in [0.25, 0.3) is 10.6 Å². The molecule has 2 unspecified atom stereocenters.